The van der Waals surface area contributed by atoms with Crippen LogP contribution in [0.2, 0.25) is 5.02 Å². The van der Waals surface area contributed by atoms with Crippen LogP contribution in [0.25, 0.3) is 0 Å². The largest absolute Gasteiger partial charge is 0.378 e. The van der Waals surface area contributed by atoms with Gasteiger partial charge in [-0.1, -0.05) is 17.7 Å². The van der Waals surface area contributed by atoms with Crippen molar-refractivity contribution < 1.29 is 0 Å². The molecule has 1 aliphatic carbocycles. The van der Waals surface area contributed by atoms with Crippen LogP contribution in [-0.2, 0) is 6.42 Å². The standard InChI is InChI=1S/C15H16ClNS/c1-10-5-6-11(16)9-14(10)17-13-3-2-4-15-12(13)7-8-18-15/h5-9,13,17H,2-4H2,1H3. The molecule has 0 amide bonds. The second-order valence-corrected chi connectivity index (χ2v) is 6.28. The van der Waals surface area contributed by atoms with Crippen molar-refractivity contribution in [3.05, 3.63) is 50.7 Å². The third-order valence-electron chi connectivity index (χ3n) is 3.58. The average molecular weight is 278 g/mol. The number of nitrogens with one attached hydrogen (secondary N) is 1. The first-order valence-corrected chi connectivity index (χ1v) is 7.59. The highest BCUT2D eigenvalue weighted by Gasteiger charge is 2.21. The van der Waals surface area contributed by atoms with Gasteiger partial charge in [0.2, 0.25) is 0 Å². The monoisotopic (exact) mass is 277 g/mol. The maximum atomic E-state index is 6.08. The Balaban J connectivity index is 1.88. The van der Waals surface area contributed by atoms with Crippen molar-refractivity contribution in [1.29, 1.82) is 0 Å². The summed E-state index contributed by atoms with van der Waals surface area (Å²) < 4.78 is 0. The Kier molecular flexibility index (Phi) is 3.31. The summed E-state index contributed by atoms with van der Waals surface area (Å²) in [6.45, 7) is 2.12. The van der Waals surface area contributed by atoms with E-state index in [1.165, 1.54) is 30.4 Å². The molecule has 0 saturated carbocycles. The van der Waals surface area contributed by atoms with E-state index in [0.29, 0.717) is 6.04 Å². The molecule has 3 rings (SSSR count). The van der Waals surface area contributed by atoms with Crippen molar-refractivity contribution in [3.63, 3.8) is 0 Å². The SMILES string of the molecule is Cc1ccc(Cl)cc1NC1CCCc2sccc21. The van der Waals surface area contributed by atoms with E-state index >= 15 is 0 Å². The Morgan fingerprint density at radius 2 is 2.22 bits per heavy atom. The summed E-state index contributed by atoms with van der Waals surface area (Å²) in [6, 6.07) is 8.74. The first-order chi connectivity index (χ1) is 8.74. The second kappa shape index (κ2) is 4.94. The van der Waals surface area contributed by atoms with Gasteiger partial charge in [-0.25, -0.2) is 0 Å². The molecule has 0 fully saturated rings. The summed E-state index contributed by atoms with van der Waals surface area (Å²) in [6.07, 6.45) is 3.71. The predicted molar refractivity (Wildman–Crippen MR) is 79.8 cm³/mol. The lowest BCUT2D eigenvalue weighted by Crippen LogP contribution is -2.16. The average Bonchev–Trinajstić information content (AvgIpc) is 2.83. The normalized spacial score (nSPS) is 18.4. The number of halogens is 1. The molecule has 1 heterocycles. The highest BCUT2D eigenvalue weighted by molar-refractivity contribution is 7.10. The Hall–Kier alpha value is -0.990. The van der Waals surface area contributed by atoms with Gasteiger partial charge in [-0.2, -0.15) is 0 Å². The molecule has 0 spiro atoms. The van der Waals surface area contributed by atoms with Crippen LogP contribution in [0.4, 0.5) is 5.69 Å². The lowest BCUT2D eigenvalue weighted by Gasteiger charge is -2.25. The van der Waals surface area contributed by atoms with Crippen LogP contribution in [0, 0.1) is 6.92 Å². The van der Waals surface area contributed by atoms with Crippen LogP contribution < -0.4 is 5.32 Å². The molecule has 18 heavy (non-hydrogen) atoms. The number of thiophene rings is 1. The zero-order valence-corrected chi connectivity index (χ0v) is 11.9. The lowest BCUT2D eigenvalue weighted by molar-refractivity contribution is 0.608. The molecular formula is C15H16ClNS. The van der Waals surface area contributed by atoms with E-state index < -0.39 is 0 Å². The van der Waals surface area contributed by atoms with Gasteiger partial charge in [0.25, 0.3) is 0 Å². The minimum absolute atomic E-state index is 0.442. The number of anilines is 1. The Morgan fingerprint density at radius 1 is 1.33 bits per heavy atom. The van der Waals surface area contributed by atoms with Gasteiger partial charge in [0.15, 0.2) is 0 Å². The quantitative estimate of drug-likeness (QED) is 0.796. The fourth-order valence-corrected chi connectivity index (χ4v) is 3.73. The molecule has 0 aliphatic heterocycles. The molecule has 94 valence electrons. The smallest absolute Gasteiger partial charge is 0.0525 e. The van der Waals surface area contributed by atoms with E-state index in [2.05, 4.69) is 29.8 Å². The van der Waals surface area contributed by atoms with Gasteiger partial charge in [0.05, 0.1) is 6.04 Å². The zero-order valence-electron chi connectivity index (χ0n) is 10.4. The topological polar surface area (TPSA) is 12.0 Å². The van der Waals surface area contributed by atoms with Gasteiger partial charge in [-0.05, 0) is 60.9 Å². The van der Waals surface area contributed by atoms with Crippen molar-refractivity contribution in [1.82, 2.24) is 0 Å². The number of fused-ring (bicyclic) bond motifs is 1. The van der Waals surface area contributed by atoms with Crippen molar-refractivity contribution in [2.24, 2.45) is 0 Å². The van der Waals surface area contributed by atoms with Crippen LogP contribution in [0.3, 0.4) is 0 Å². The van der Waals surface area contributed by atoms with Crippen molar-refractivity contribution in [2.75, 3.05) is 5.32 Å². The maximum Gasteiger partial charge on any atom is 0.0525 e. The molecule has 0 bridgehead atoms. The van der Waals surface area contributed by atoms with Crippen molar-refractivity contribution >= 4 is 28.6 Å². The Morgan fingerprint density at radius 3 is 3.11 bits per heavy atom. The molecule has 1 unspecified atom stereocenters. The molecule has 3 heteroatoms. The summed E-state index contributed by atoms with van der Waals surface area (Å²) in [5.74, 6) is 0. The Bertz CT molecular complexity index is 561. The summed E-state index contributed by atoms with van der Waals surface area (Å²) in [4.78, 5) is 1.54. The molecule has 1 atom stereocenters. The first kappa shape index (κ1) is 12.1. The fourth-order valence-electron chi connectivity index (χ4n) is 2.57. The van der Waals surface area contributed by atoms with Gasteiger partial charge in [0, 0.05) is 15.6 Å². The molecule has 1 aliphatic rings. The molecular weight excluding hydrogens is 262 g/mol. The third-order valence-corrected chi connectivity index (χ3v) is 4.81. The first-order valence-electron chi connectivity index (χ1n) is 6.33. The van der Waals surface area contributed by atoms with Crippen molar-refractivity contribution in [3.8, 4) is 0 Å². The lowest BCUT2D eigenvalue weighted by atomic mass is 9.93. The summed E-state index contributed by atoms with van der Waals surface area (Å²) >= 11 is 7.96. The van der Waals surface area contributed by atoms with Gasteiger partial charge in [-0.3, -0.25) is 0 Å². The van der Waals surface area contributed by atoms with E-state index in [1.807, 2.05) is 23.5 Å². The Labute approximate surface area is 117 Å². The van der Waals surface area contributed by atoms with Gasteiger partial charge < -0.3 is 5.32 Å². The van der Waals surface area contributed by atoms with Gasteiger partial charge >= 0.3 is 0 Å². The molecule has 0 radical (unpaired) electrons. The molecule has 1 aromatic carbocycles. The third kappa shape index (κ3) is 2.27. The molecule has 1 aromatic heterocycles. The highest BCUT2D eigenvalue weighted by atomic mass is 35.5. The number of aryl methyl sites for hydroxylation is 2. The summed E-state index contributed by atoms with van der Waals surface area (Å²) in [5.41, 5.74) is 3.89. The molecule has 1 N–H and O–H groups in total. The van der Waals surface area contributed by atoms with E-state index in [4.69, 9.17) is 11.6 Å². The van der Waals surface area contributed by atoms with E-state index in [1.54, 1.807) is 4.88 Å². The van der Waals surface area contributed by atoms with Gasteiger partial charge in [-0.15, -0.1) is 11.3 Å². The minimum Gasteiger partial charge on any atom is -0.378 e. The highest BCUT2D eigenvalue weighted by Crippen LogP contribution is 2.36. The predicted octanol–water partition coefficient (Wildman–Crippen LogP) is 5.20. The molecule has 1 nitrogen and oxygen atoms in total. The zero-order chi connectivity index (χ0) is 12.5. The van der Waals surface area contributed by atoms with E-state index in [-0.39, 0.29) is 0 Å². The number of hydrogen-bond acceptors (Lipinski definition) is 2. The minimum atomic E-state index is 0.442. The van der Waals surface area contributed by atoms with Crippen LogP contribution in [0.15, 0.2) is 29.6 Å². The number of hydrogen-bond donors (Lipinski definition) is 1. The van der Waals surface area contributed by atoms with Crippen molar-refractivity contribution in [2.45, 2.75) is 32.2 Å². The molecule has 2 aromatic rings. The van der Waals surface area contributed by atoms with Crippen LogP contribution >= 0.6 is 22.9 Å². The summed E-state index contributed by atoms with van der Waals surface area (Å²) in [5, 5.41) is 6.65. The molecule has 0 saturated heterocycles. The van der Waals surface area contributed by atoms with Crippen LogP contribution in [0.1, 0.15) is 34.9 Å². The number of rotatable bonds is 2. The summed E-state index contributed by atoms with van der Waals surface area (Å²) in [7, 11) is 0. The second-order valence-electron chi connectivity index (χ2n) is 4.85. The van der Waals surface area contributed by atoms with E-state index in [0.717, 1.165) is 10.7 Å². The number of benzene rings is 1. The fraction of sp³-hybridized carbons (Fsp3) is 0.333. The maximum absolute atomic E-state index is 6.08. The van der Waals surface area contributed by atoms with Gasteiger partial charge in [0.1, 0.15) is 0 Å². The van der Waals surface area contributed by atoms with Crippen LogP contribution in [0.5, 0.6) is 0 Å². The van der Waals surface area contributed by atoms with Crippen LogP contribution in [-0.4, -0.2) is 0 Å². The van der Waals surface area contributed by atoms with E-state index in [9.17, 15) is 0 Å².